The minimum atomic E-state index is -0.454. The Labute approximate surface area is 173 Å². The van der Waals surface area contributed by atoms with Crippen molar-refractivity contribution in [3.8, 4) is 5.75 Å². The van der Waals surface area contributed by atoms with Gasteiger partial charge in [-0.3, -0.25) is 4.79 Å². The van der Waals surface area contributed by atoms with Gasteiger partial charge in [-0.2, -0.15) is 0 Å². The van der Waals surface area contributed by atoms with E-state index in [1.165, 1.54) is 0 Å². The summed E-state index contributed by atoms with van der Waals surface area (Å²) >= 11 is 6.09. The Morgan fingerprint density at radius 3 is 2.66 bits per heavy atom. The monoisotopic (exact) mass is 409 g/mol. The van der Waals surface area contributed by atoms with E-state index >= 15 is 0 Å². The summed E-state index contributed by atoms with van der Waals surface area (Å²) in [6.07, 6.45) is 3.54. The van der Waals surface area contributed by atoms with Gasteiger partial charge in [-0.1, -0.05) is 23.7 Å². The van der Waals surface area contributed by atoms with Crippen molar-refractivity contribution in [3.63, 3.8) is 0 Å². The predicted octanol–water partition coefficient (Wildman–Crippen LogP) is 4.66. The van der Waals surface area contributed by atoms with Gasteiger partial charge in [0, 0.05) is 35.4 Å². The molecule has 148 valence electrons. The summed E-state index contributed by atoms with van der Waals surface area (Å²) in [6.45, 7) is 1.85. The van der Waals surface area contributed by atoms with Crippen LogP contribution in [0.5, 0.6) is 5.75 Å². The molecule has 0 bridgehead atoms. The molecule has 1 N–H and O–H groups in total. The molecular formula is C22H20ClN3O3. The van der Waals surface area contributed by atoms with E-state index in [-0.39, 0.29) is 11.7 Å². The van der Waals surface area contributed by atoms with Gasteiger partial charge in [0.25, 0.3) is 5.91 Å². The molecule has 0 aliphatic carbocycles. The highest BCUT2D eigenvalue weighted by Gasteiger charge is 2.25. The maximum Gasteiger partial charge on any atom is 0.288 e. The van der Waals surface area contributed by atoms with Crippen LogP contribution in [-0.4, -0.2) is 22.6 Å². The second kappa shape index (κ2) is 7.64. The summed E-state index contributed by atoms with van der Waals surface area (Å²) in [5.74, 6) is 1.39. The lowest BCUT2D eigenvalue weighted by Gasteiger charge is -2.19. The minimum absolute atomic E-state index is 0.259. The summed E-state index contributed by atoms with van der Waals surface area (Å²) in [5, 5.41) is 4.47. The van der Waals surface area contributed by atoms with Crippen LogP contribution in [0.1, 0.15) is 33.5 Å². The van der Waals surface area contributed by atoms with Crippen molar-refractivity contribution >= 4 is 28.5 Å². The molecule has 0 saturated heterocycles. The molecule has 2 heterocycles. The molecule has 0 spiro atoms. The minimum Gasteiger partial charge on any atom is -0.497 e. The fourth-order valence-corrected chi connectivity index (χ4v) is 3.53. The molecule has 0 aliphatic rings. The van der Waals surface area contributed by atoms with Gasteiger partial charge >= 0.3 is 0 Å². The fraction of sp³-hybridized carbons (Fsp3) is 0.182. The van der Waals surface area contributed by atoms with Gasteiger partial charge in [0.05, 0.1) is 7.11 Å². The molecule has 6 nitrogen and oxygen atoms in total. The van der Waals surface area contributed by atoms with E-state index in [0.717, 1.165) is 22.3 Å². The zero-order chi connectivity index (χ0) is 20.5. The number of nitrogens with one attached hydrogen (secondary N) is 1. The Bertz CT molecular complexity index is 1180. The topological polar surface area (TPSA) is 69.3 Å². The van der Waals surface area contributed by atoms with Crippen molar-refractivity contribution in [1.82, 2.24) is 14.9 Å². The van der Waals surface area contributed by atoms with E-state index in [9.17, 15) is 4.79 Å². The van der Waals surface area contributed by atoms with Crippen molar-refractivity contribution in [1.29, 1.82) is 0 Å². The number of hydrogen-bond acceptors (Lipinski definition) is 4. The number of ether oxygens (including phenoxy) is 1. The van der Waals surface area contributed by atoms with Crippen molar-refractivity contribution in [2.24, 2.45) is 7.05 Å². The van der Waals surface area contributed by atoms with Gasteiger partial charge in [0.15, 0.2) is 5.76 Å². The number of fused-ring (bicyclic) bond motifs is 1. The lowest BCUT2D eigenvalue weighted by Crippen LogP contribution is -2.31. The second-order valence-corrected chi connectivity index (χ2v) is 7.21. The zero-order valence-corrected chi connectivity index (χ0v) is 17.0. The molecule has 0 fully saturated rings. The van der Waals surface area contributed by atoms with Crippen LogP contribution in [0.25, 0.3) is 11.0 Å². The molecular weight excluding hydrogens is 390 g/mol. The van der Waals surface area contributed by atoms with E-state index in [2.05, 4.69) is 10.3 Å². The number of carbonyl (C=O) groups excluding carboxylic acids is 1. The number of carbonyl (C=O) groups is 1. The third kappa shape index (κ3) is 3.59. The largest absolute Gasteiger partial charge is 0.497 e. The van der Waals surface area contributed by atoms with Crippen molar-refractivity contribution in [3.05, 3.63) is 82.6 Å². The Hall–Kier alpha value is -3.25. The number of amides is 1. The average Bonchev–Trinajstić information content (AvgIpc) is 3.29. The maximum absolute atomic E-state index is 13.1. The van der Waals surface area contributed by atoms with Crippen LogP contribution < -0.4 is 10.1 Å². The number of halogens is 1. The van der Waals surface area contributed by atoms with Crippen LogP contribution in [-0.2, 0) is 7.05 Å². The lowest BCUT2D eigenvalue weighted by molar-refractivity contribution is 0.0914. The summed E-state index contributed by atoms with van der Waals surface area (Å²) in [5.41, 5.74) is 2.24. The molecule has 0 radical (unpaired) electrons. The smallest absolute Gasteiger partial charge is 0.288 e. The SMILES string of the molecule is COc1ccc([C@H](NC(=O)c2oc3ccc(Cl)cc3c2C)c2nccn2C)cc1. The Balaban J connectivity index is 1.71. The average molecular weight is 410 g/mol. The third-order valence-corrected chi connectivity index (χ3v) is 5.18. The number of imidazole rings is 1. The molecule has 29 heavy (non-hydrogen) atoms. The normalized spacial score (nSPS) is 12.1. The van der Waals surface area contributed by atoms with Gasteiger partial charge in [-0.15, -0.1) is 0 Å². The summed E-state index contributed by atoms with van der Waals surface area (Å²) in [4.78, 5) is 17.6. The molecule has 0 aliphatic heterocycles. The third-order valence-electron chi connectivity index (χ3n) is 4.95. The Kier molecular flexibility index (Phi) is 5.03. The first-order valence-electron chi connectivity index (χ1n) is 9.08. The summed E-state index contributed by atoms with van der Waals surface area (Å²) in [6, 6.07) is 12.4. The van der Waals surface area contributed by atoms with Crippen molar-refractivity contribution < 1.29 is 13.9 Å². The molecule has 7 heteroatoms. The standard InChI is InChI=1S/C22H20ClN3O3/c1-13-17-12-15(23)6-9-18(17)29-20(13)22(27)25-19(21-24-10-11-26(21)2)14-4-7-16(28-3)8-5-14/h4-12,19H,1-3H3,(H,25,27)/t19-/m0/s1. The van der Waals surface area contributed by atoms with Crippen LogP contribution in [0.3, 0.4) is 0 Å². The van der Waals surface area contributed by atoms with Crippen LogP contribution in [0.2, 0.25) is 5.02 Å². The Morgan fingerprint density at radius 1 is 1.24 bits per heavy atom. The van der Waals surface area contributed by atoms with Gasteiger partial charge in [-0.25, -0.2) is 4.98 Å². The fourth-order valence-electron chi connectivity index (χ4n) is 3.35. The molecule has 1 atom stereocenters. The highest BCUT2D eigenvalue weighted by Crippen LogP contribution is 2.29. The van der Waals surface area contributed by atoms with Crippen LogP contribution in [0, 0.1) is 6.92 Å². The molecule has 0 unspecified atom stereocenters. The van der Waals surface area contributed by atoms with E-state index in [4.69, 9.17) is 20.8 Å². The van der Waals surface area contributed by atoms with Crippen molar-refractivity contribution in [2.45, 2.75) is 13.0 Å². The lowest BCUT2D eigenvalue weighted by atomic mass is 10.1. The van der Waals surface area contributed by atoms with E-state index in [0.29, 0.717) is 16.4 Å². The first kappa shape index (κ1) is 19.1. The number of benzene rings is 2. The van der Waals surface area contributed by atoms with Gasteiger partial charge in [-0.05, 0) is 42.8 Å². The molecule has 1 amide bonds. The quantitative estimate of drug-likeness (QED) is 0.520. The van der Waals surface area contributed by atoms with E-state index in [1.54, 1.807) is 31.5 Å². The van der Waals surface area contributed by atoms with Crippen LogP contribution >= 0.6 is 11.6 Å². The molecule has 2 aromatic carbocycles. The molecule has 4 aromatic rings. The first-order chi connectivity index (χ1) is 14.0. The van der Waals surface area contributed by atoms with E-state index in [1.807, 2.05) is 49.0 Å². The van der Waals surface area contributed by atoms with Gasteiger partial charge in [0.2, 0.25) is 0 Å². The highest BCUT2D eigenvalue weighted by atomic mass is 35.5. The molecule has 2 aromatic heterocycles. The highest BCUT2D eigenvalue weighted by molar-refractivity contribution is 6.31. The number of furan rings is 1. The van der Waals surface area contributed by atoms with Gasteiger partial charge in [0.1, 0.15) is 23.2 Å². The Morgan fingerprint density at radius 2 is 2.00 bits per heavy atom. The second-order valence-electron chi connectivity index (χ2n) is 6.77. The molecule has 4 rings (SSSR count). The number of aryl methyl sites for hydroxylation is 2. The zero-order valence-electron chi connectivity index (χ0n) is 16.3. The maximum atomic E-state index is 13.1. The molecule has 0 saturated carbocycles. The summed E-state index contributed by atoms with van der Waals surface area (Å²) < 4.78 is 12.9. The first-order valence-corrected chi connectivity index (χ1v) is 9.46. The van der Waals surface area contributed by atoms with Crippen molar-refractivity contribution in [2.75, 3.05) is 7.11 Å². The van der Waals surface area contributed by atoms with Gasteiger partial charge < -0.3 is 19.0 Å². The number of methoxy groups -OCH3 is 1. The van der Waals surface area contributed by atoms with Crippen LogP contribution in [0.4, 0.5) is 0 Å². The summed E-state index contributed by atoms with van der Waals surface area (Å²) in [7, 11) is 3.50. The number of nitrogens with zero attached hydrogens (tertiary/aromatic N) is 2. The number of aromatic nitrogens is 2. The number of rotatable bonds is 5. The van der Waals surface area contributed by atoms with Crippen LogP contribution in [0.15, 0.2) is 59.3 Å². The predicted molar refractivity (Wildman–Crippen MR) is 111 cm³/mol. The van der Waals surface area contributed by atoms with E-state index < -0.39 is 6.04 Å². The number of hydrogen-bond donors (Lipinski definition) is 1.